The number of aromatic hydroxyl groups is 1. The Morgan fingerprint density at radius 3 is 2.00 bits per heavy atom. The van der Waals surface area contributed by atoms with E-state index in [-0.39, 0.29) is 29.9 Å². The summed E-state index contributed by atoms with van der Waals surface area (Å²) in [5, 5.41) is 17.0. The van der Waals surface area contributed by atoms with Crippen LogP contribution in [0.15, 0.2) is 157 Å². The summed E-state index contributed by atoms with van der Waals surface area (Å²) in [5.74, 6) is -4.74. The van der Waals surface area contributed by atoms with E-state index >= 15 is 9.59 Å². The number of amides is 4. The molecule has 0 bridgehead atoms. The second-order valence-corrected chi connectivity index (χ2v) is 15.9. The maximum absolute atomic E-state index is 15.6. The molecular weight excluding hydrogens is 725 g/mol. The lowest BCUT2D eigenvalue weighted by Gasteiger charge is -2.51. The number of phenolic OH excluding ortho intramolecular Hbond substituents is 1. The minimum atomic E-state index is -1.42. The standard InChI is InChI=1S/C49H40N4O5/c1-29-16-18-33(19-17-29)51-53-46(56)41-28-40-38(24-25-39-43(40)47(57)52(45(39)55)34-22-20-32(21-23-34)50-31-12-6-3-7-13-31)44(49(41,48(53)58)30-10-4-2-5-11-30)37-26-27-42(54)36-15-9-8-14-35(36)37/h2-24,26-27,39-41,43-44,50-51,54H,25,28H2,1H3/t39-,40+,41-,43-,44-,49+/m0/s1. The fourth-order valence-electron chi connectivity index (χ4n) is 10.3. The highest BCUT2D eigenvalue weighted by Gasteiger charge is 2.70. The molecular formula is C49H40N4O5. The predicted molar refractivity (Wildman–Crippen MR) is 223 cm³/mol. The second kappa shape index (κ2) is 13.6. The molecule has 2 aliphatic carbocycles. The molecule has 3 N–H and O–H groups in total. The summed E-state index contributed by atoms with van der Waals surface area (Å²) in [4.78, 5) is 61.2. The second-order valence-electron chi connectivity index (χ2n) is 15.9. The van der Waals surface area contributed by atoms with Gasteiger partial charge in [-0.3, -0.25) is 29.5 Å². The molecule has 0 radical (unpaired) electrons. The molecule has 2 saturated heterocycles. The highest BCUT2D eigenvalue weighted by Crippen LogP contribution is 2.65. The molecule has 2 heterocycles. The summed E-state index contributed by atoms with van der Waals surface area (Å²) in [7, 11) is 0. The van der Waals surface area contributed by atoms with Crippen LogP contribution in [0, 0.1) is 30.6 Å². The van der Waals surface area contributed by atoms with Gasteiger partial charge >= 0.3 is 0 Å². The summed E-state index contributed by atoms with van der Waals surface area (Å²) in [6.45, 7) is 1.97. The number of nitrogens with one attached hydrogen (secondary N) is 2. The van der Waals surface area contributed by atoms with E-state index in [0.29, 0.717) is 28.7 Å². The molecule has 6 atom stereocenters. The maximum atomic E-state index is 15.6. The fraction of sp³-hybridized carbons (Fsp3) is 0.184. The number of hydrogen-bond acceptors (Lipinski definition) is 7. The number of nitrogens with zero attached hydrogens (tertiary/aromatic N) is 2. The Hall–Kier alpha value is -7.00. The SMILES string of the molecule is Cc1ccc(NN2C(=O)[C@@H]3C[C@@H]4C(=CC[C@@H]5C(=O)N(c6ccc(Nc7ccccc7)cc6)C(=O)[C@@H]54)[C@H](c4ccc(O)c5ccccc45)[C@]3(c3ccccc3)C2=O)cc1. The quantitative estimate of drug-likeness (QED) is 0.110. The molecule has 4 amide bonds. The van der Waals surface area contributed by atoms with Crippen LogP contribution in [0.4, 0.5) is 22.7 Å². The lowest BCUT2D eigenvalue weighted by Crippen LogP contribution is -2.53. The van der Waals surface area contributed by atoms with Crippen molar-refractivity contribution >= 4 is 57.2 Å². The van der Waals surface area contributed by atoms with Crippen LogP contribution in [-0.2, 0) is 24.6 Å². The average Bonchev–Trinajstić information content (AvgIpc) is 3.63. The van der Waals surface area contributed by atoms with Gasteiger partial charge in [0.2, 0.25) is 11.8 Å². The van der Waals surface area contributed by atoms with Crippen LogP contribution in [0.5, 0.6) is 5.75 Å². The van der Waals surface area contributed by atoms with Crippen molar-refractivity contribution in [2.75, 3.05) is 15.6 Å². The van der Waals surface area contributed by atoms with Crippen molar-refractivity contribution in [3.63, 3.8) is 0 Å². The Balaban J connectivity index is 1.11. The smallest absolute Gasteiger partial charge is 0.260 e. The molecule has 0 unspecified atom stereocenters. The van der Waals surface area contributed by atoms with Crippen LogP contribution in [0.1, 0.15) is 35.4 Å². The van der Waals surface area contributed by atoms with Gasteiger partial charge in [-0.25, -0.2) is 0 Å². The molecule has 286 valence electrons. The van der Waals surface area contributed by atoms with E-state index in [1.165, 1.54) is 9.91 Å². The van der Waals surface area contributed by atoms with Crippen molar-refractivity contribution in [1.29, 1.82) is 0 Å². The third kappa shape index (κ3) is 5.30. The molecule has 6 aromatic carbocycles. The number of imide groups is 2. The van der Waals surface area contributed by atoms with Gasteiger partial charge < -0.3 is 10.4 Å². The van der Waals surface area contributed by atoms with Crippen LogP contribution in [-0.4, -0.2) is 33.7 Å². The van der Waals surface area contributed by atoms with E-state index in [4.69, 9.17) is 0 Å². The zero-order valence-corrected chi connectivity index (χ0v) is 31.7. The largest absolute Gasteiger partial charge is 0.507 e. The summed E-state index contributed by atoms with van der Waals surface area (Å²) in [6, 6.07) is 45.1. The Morgan fingerprint density at radius 1 is 0.638 bits per heavy atom. The van der Waals surface area contributed by atoms with Gasteiger partial charge in [0.15, 0.2) is 0 Å². The van der Waals surface area contributed by atoms with E-state index in [1.54, 1.807) is 18.2 Å². The van der Waals surface area contributed by atoms with Crippen LogP contribution >= 0.6 is 0 Å². The van der Waals surface area contributed by atoms with E-state index in [2.05, 4.69) is 16.8 Å². The van der Waals surface area contributed by atoms with Gasteiger partial charge in [-0.1, -0.05) is 108 Å². The van der Waals surface area contributed by atoms with Gasteiger partial charge in [-0.05, 0) is 96.8 Å². The van der Waals surface area contributed by atoms with Crippen molar-refractivity contribution in [1.82, 2.24) is 5.01 Å². The number of rotatable bonds is 7. The number of hydrogen-bond donors (Lipinski definition) is 3. The molecule has 0 aromatic heterocycles. The van der Waals surface area contributed by atoms with Crippen molar-refractivity contribution in [3.05, 3.63) is 174 Å². The van der Waals surface area contributed by atoms with Crippen molar-refractivity contribution in [2.24, 2.45) is 23.7 Å². The predicted octanol–water partition coefficient (Wildman–Crippen LogP) is 8.79. The van der Waals surface area contributed by atoms with Gasteiger partial charge in [0, 0.05) is 22.7 Å². The number of aryl methyl sites for hydroxylation is 1. The van der Waals surface area contributed by atoms with Crippen molar-refractivity contribution < 1.29 is 24.3 Å². The van der Waals surface area contributed by atoms with E-state index in [1.807, 2.05) is 134 Å². The van der Waals surface area contributed by atoms with Gasteiger partial charge in [0.05, 0.1) is 34.5 Å². The van der Waals surface area contributed by atoms with Gasteiger partial charge in [0.1, 0.15) is 5.75 Å². The normalized spacial score (nSPS) is 25.0. The first-order chi connectivity index (χ1) is 28.3. The minimum absolute atomic E-state index is 0.100. The van der Waals surface area contributed by atoms with Crippen LogP contribution < -0.4 is 15.6 Å². The van der Waals surface area contributed by atoms with Crippen molar-refractivity contribution in [2.45, 2.75) is 31.1 Å². The van der Waals surface area contributed by atoms with Crippen molar-refractivity contribution in [3.8, 4) is 5.75 Å². The van der Waals surface area contributed by atoms with Gasteiger partial charge in [0.25, 0.3) is 11.8 Å². The lowest BCUT2D eigenvalue weighted by atomic mass is 9.49. The Kier molecular flexibility index (Phi) is 8.30. The number of phenols is 1. The summed E-state index contributed by atoms with van der Waals surface area (Å²) < 4.78 is 0. The number of fused-ring (bicyclic) bond motifs is 5. The molecule has 9 heteroatoms. The van der Waals surface area contributed by atoms with Crippen LogP contribution in [0.3, 0.4) is 0 Å². The number of para-hydroxylation sites is 1. The monoisotopic (exact) mass is 764 g/mol. The third-order valence-corrected chi connectivity index (χ3v) is 12.8. The molecule has 10 rings (SSSR count). The Bertz CT molecular complexity index is 2660. The zero-order chi connectivity index (χ0) is 39.7. The first-order valence-corrected chi connectivity index (χ1v) is 19.7. The summed E-state index contributed by atoms with van der Waals surface area (Å²) in [5.41, 5.74) is 7.92. The highest BCUT2D eigenvalue weighted by molar-refractivity contribution is 6.22. The third-order valence-electron chi connectivity index (χ3n) is 12.8. The molecule has 4 aliphatic rings. The average molecular weight is 765 g/mol. The molecule has 1 saturated carbocycles. The Morgan fingerprint density at radius 2 is 1.28 bits per heavy atom. The molecule has 9 nitrogen and oxygen atoms in total. The maximum Gasteiger partial charge on any atom is 0.260 e. The van der Waals surface area contributed by atoms with Gasteiger partial charge in [-0.2, -0.15) is 5.01 Å². The Labute approximate surface area is 335 Å². The first-order valence-electron chi connectivity index (χ1n) is 19.7. The summed E-state index contributed by atoms with van der Waals surface area (Å²) >= 11 is 0. The van der Waals surface area contributed by atoms with E-state index < -0.39 is 40.9 Å². The molecule has 2 aliphatic heterocycles. The minimum Gasteiger partial charge on any atom is -0.507 e. The van der Waals surface area contributed by atoms with Gasteiger partial charge in [-0.15, -0.1) is 0 Å². The number of anilines is 4. The molecule has 58 heavy (non-hydrogen) atoms. The van der Waals surface area contributed by atoms with Crippen LogP contribution in [0.2, 0.25) is 0 Å². The number of allylic oxidation sites excluding steroid dienone is 2. The fourth-order valence-corrected chi connectivity index (χ4v) is 10.3. The lowest BCUT2D eigenvalue weighted by molar-refractivity contribution is -0.138. The van der Waals surface area contributed by atoms with E-state index in [9.17, 15) is 14.7 Å². The molecule has 0 spiro atoms. The summed E-state index contributed by atoms with van der Waals surface area (Å²) in [6.07, 6.45) is 2.56. The zero-order valence-electron chi connectivity index (χ0n) is 31.7. The highest BCUT2D eigenvalue weighted by atomic mass is 16.3. The van der Waals surface area contributed by atoms with E-state index in [0.717, 1.165) is 33.5 Å². The van der Waals surface area contributed by atoms with Crippen LogP contribution in [0.25, 0.3) is 10.8 Å². The first kappa shape index (κ1) is 35.4. The number of carbonyl (C=O) groups is 4. The molecule has 3 fully saturated rings. The topological polar surface area (TPSA) is 119 Å². The number of carbonyl (C=O) groups excluding carboxylic acids is 4. The molecule has 6 aromatic rings. The number of hydrazine groups is 1. The number of benzene rings is 6.